The Balaban J connectivity index is 3.53. The summed E-state index contributed by atoms with van der Waals surface area (Å²) in [5, 5.41) is 0. The van der Waals surface area contributed by atoms with E-state index in [1.165, 1.54) is 0 Å². The van der Waals surface area contributed by atoms with Crippen LogP contribution >= 0.6 is 7.82 Å². The van der Waals surface area contributed by atoms with Crippen LogP contribution < -0.4 is 5.73 Å². The highest BCUT2D eigenvalue weighted by atomic mass is 31.2. The normalized spacial score (nSPS) is 16.7. The van der Waals surface area contributed by atoms with E-state index in [1.54, 1.807) is 6.92 Å². The zero-order valence-electron chi connectivity index (χ0n) is 5.82. The number of hydrogen-bond donors (Lipinski definition) is 2. The van der Waals surface area contributed by atoms with Crippen molar-refractivity contribution in [2.24, 2.45) is 5.73 Å². The highest BCUT2D eigenvalue weighted by molar-refractivity contribution is 7.47. The van der Waals surface area contributed by atoms with Gasteiger partial charge < -0.3 is 10.6 Å². The van der Waals surface area contributed by atoms with Crippen molar-refractivity contribution in [2.45, 2.75) is 6.92 Å². The predicted molar refractivity (Wildman–Crippen MR) is 36.5 cm³/mol. The molecule has 0 aromatic heterocycles. The summed E-state index contributed by atoms with van der Waals surface area (Å²) in [5.41, 5.74) is 5.02. The molecule has 0 amide bonds. The van der Waals surface area contributed by atoms with Crippen molar-refractivity contribution < 1.29 is 18.5 Å². The third-order valence-corrected chi connectivity index (χ3v) is 1.76. The lowest BCUT2D eigenvalue weighted by Crippen LogP contribution is -2.07. The van der Waals surface area contributed by atoms with E-state index in [4.69, 9.17) is 10.6 Å². The molecule has 0 spiro atoms. The quantitative estimate of drug-likeness (QED) is 0.570. The Morgan fingerprint density at radius 3 is 2.60 bits per heavy atom. The lowest BCUT2D eigenvalue weighted by Gasteiger charge is -2.08. The summed E-state index contributed by atoms with van der Waals surface area (Å²) in [4.78, 5) is 8.70. The van der Waals surface area contributed by atoms with E-state index in [0.29, 0.717) is 0 Å². The largest absolute Gasteiger partial charge is 0.472 e. The Labute approximate surface area is 59.7 Å². The van der Waals surface area contributed by atoms with Crippen LogP contribution in [-0.2, 0) is 13.6 Å². The molecule has 5 nitrogen and oxygen atoms in total. The summed E-state index contributed by atoms with van der Waals surface area (Å²) >= 11 is 0. The summed E-state index contributed by atoms with van der Waals surface area (Å²) in [6, 6.07) is 0. The molecule has 10 heavy (non-hydrogen) atoms. The first-order valence-corrected chi connectivity index (χ1v) is 4.44. The summed E-state index contributed by atoms with van der Waals surface area (Å²) < 4.78 is 19.4. The Bertz CT molecular complexity index is 128. The Kier molecular flexibility index (Phi) is 4.85. The molecule has 0 aliphatic carbocycles. The summed E-state index contributed by atoms with van der Waals surface area (Å²) in [6.45, 7) is 2.00. The minimum Gasteiger partial charge on any atom is -0.328 e. The first-order valence-electron chi connectivity index (χ1n) is 2.94. The highest BCUT2D eigenvalue weighted by Crippen LogP contribution is 2.42. The predicted octanol–water partition coefficient (Wildman–Crippen LogP) is 0.0986. The average molecular weight is 169 g/mol. The van der Waals surface area contributed by atoms with Gasteiger partial charge in [0, 0.05) is 6.54 Å². The molecular weight excluding hydrogens is 157 g/mol. The van der Waals surface area contributed by atoms with Gasteiger partial charge in [0.1, 0.15) is 0 Å². The third-order valence-electron chi connectivity index (χ3n) is 0.665. The number of phosphoric acid groups is 1. The molecule has 3 N–H and O–H groups in total. The first kappa shape index (κ1) is 10.1. The minimum atomic E-state index is -3.79. The molecule has 0 rings (SSSR count). The standard InChI is InChI=1S/C4H12NO4P/c1-2-8-10(6,7)9-4-3-5/h2-5H2,1H3,(H,6,7). The van der Waals surface area contributed by atoms with Gasteiger partial charge >= 0.3 is 7.82 Å². The summed E-state index contributed by atoms with van der Waals surface area (Å²) in [5.74, 6) is 0. The monoisotopic (exact) mass is 169 g/mol. The molecular formula is C4H12NO4P. The van der Waals surface area contributed by atoms with Gasteiger partial charge in [-0.1, -0.05) is 0 Å². The van der Waals surface area contributed by atoms with Crippen molar-refractivity contribution in [3.63, 3.8) is 0 Å². The number of rotatable bonds is 5. The van der Waals surface area contributed by atoms with E-state index < -0.39 is 7.82 Å². The molecule has 0 heterocycles. The van der Waals surface area contributed by atoms with Gasteiger partial charge in [0.05, 0.1) is 13.2 Å². The number of nitrogens with two attached hydrogens (primary N) is 1. The van der Waals surface area contributed by atoms with Crippen LogP contribution in [0.2, 0.25) is 0 Å². The van der Waals surface area contributed by atoms with Crippen LogP contribution in [0.25, 0.3) is 0 Å². The van der Waals surface area contributed by atoms with Crippen molar-refractivity contribution >= 4 is 7.82 Å². The van der Waals surface area contributed by atoms with E-state index in [-0.39, 0.29) is 19.8 Å². The molecule has 6 heteroatoms. The second-order valence-corrected chi connectivity index (χ2v) is 2.96. The van der Waals surface area contributed by atoms with Crippen LogP contribution in [0.4, 0.5) is 0 Å². The minimum absolute atomic E-state index is 0.0355. The van der Waals surface area contributed by atoms with Gasteiger partial charge in [0.25, 0.3) is 0 Å². The van der Waals surface area contributed by atoms with Gasteiger partial charge in [-0.05, 0) is 6.92 Å². The molecule has 0 aromatic rings. The molecule has 0 radical (unpaired) electrons. The topological polar surface area (TPSA) is 81.8 Å². The molecule has 0 bridgehead atoms. The lowest BCUT2D eigenvalue weighted by molar-refractivity contribution is 0.158. The van der Waals surface area contributed by atoms with Gasteiger partial charge in [-0.15, -0.1) is 0 Å². The Morgan fingerprint density at radius 2 is 2.20 bits per heavy atom. The first-order chi connectivity index (χ1) is 4.62. The van der Waals surface area contributed by atoms with Crippen molar-refractivity contribution in [1.29, 1.82) is 0 Å². The SMILES string of the molecule is CCOP(=O)(O)OCCN. The van der Waals surface area contributed by atoms with Crippen molar-refractivity contribution in [1.82, 2.24) is 0 Å². The number of hydrogen-bond acceptors (Lipinski definition) is 4. The van der Waals surface area contributed by atoms with Gasteiger partial charge in [0.2, 0.25) is 0 Å². The number of phosphoric ester groups is 1. The Hall–Kier alpha value is 0.0700. The molecule has 62 valence electrons. The third kappa shape index (κ3) is 4.90. The maximum atomic E-state index is 10.6. The van der Waals surface area contributed by atoms with Gasteiger partial charge in [-0.3, -0.25) is 9.05 Å². The zero-order chi connectivity index (χ0) is 8.04. The maximum Gasteiger partial charge on any atom is 0.472 e. The lowest BCUT2D eigenvalue weighted by atomic mass is 10.8. The average Bonchev–Trinajstić information content (AvgIpc) is 1.84. The van der Waals surface area contributed by atoms with Crippen LogP contribution in [0.15, 0.2) is 0 Å². The van der Waals surface area contributed by atoms with Crippen LogP contribution in [0.5, 0.6) is 0 Å². The molecule has 0 aliphatic heterocycles. The van der Waals surface area contributed by atoms with Crippen LogP contribution in [0.1, 0.15) is 6.92 Å². The summed E-state index contributed by atoms with van der Waals surface area (Å²) in [6.07, 6.45) is 0. The smallest absolute Gasteiger partial charge is 0.328 e. The molecule has 1 atom stereocenters. The molecule has 1 unspecified atom stereocenters. The molecule has 0 fully saturated rings. The van der Waals surface area contributed by atoms with Gasteiger partial charge in [-0.25, -0.2) is 4.57 Å². The van der Waals surface area contributed by atoms with Crippen LogP contribution in [0.3, 0.4) is 0 Å². The fraction of sp³-hybridized carbons (Fsp3) is 1.00. The van der Waals surface area contributed by atoms with E-state index >= 15 is 0 Å². The van der Waals surface area contributed by atoms with E-state index in [0.717, 1.165) is 0 Å². The summed E-state index contributed by atoms with van der Waals surface area (Å²) in [7, 11) is -3.79. The van der Waals surface area contributed by atoms with Crippen LogP contribution in [-0.4, -0.2) is 24.7 Å². The molecule has 0 saturated heterocycles. The van der Waals surface area contributed by atoms with Crippen molar-refractivity contribution in [2.75, 3.05) is 19.8 Å². The fourth-order valence-corrected chi connectivity index (χ4v) is 1.11. The molecule has 0 aromatic carbocycles. The Morgan fingerprint density at radius 1 is 1.60 bits per heavy atom. The van der Waals surface area contributed by atoms with E-state index in [9.17, 15) is 4.57 Å². The van der Waals surface area contributed by atoms with Gasteiger partial charge in [-0.2, -0.15) is 0 Å². The van der Waals surface area contributed by atoms with Crippen molar-refractivity contribution in [3.05, 3.63) is 0 Å². The second kappa shape index (κ2) is 4.82. The van der Waals surface area contributed by atoms with Crippen LogP contribution in [0, 0.1) is 0 Å². The van der Waals surface area contributed by atoms with E-state index in [2.05, 4.69) is 9.05 Å². The van der Waals surface area contributed by atoms with Gasteiger partial charge in [0.15, 0.2) is 0 Å². The fourth-order valence-electron chi connectivity index (χ4n) is 0.368. The van der Waals surface area contributed by atoms with E-state index in [1.807, 2.05) is 0 Å². The van der Waals surface area contributed by atoms with Crippen molar-refractivity contribution in [3.8, 4) is 0 Å². The zero-order valence-corrected chi connectivity index (χ0v) is 6.71. The highest BCUT2D eigenvalue weighted by Gasteiger charge is 2.18. The maximum absolute atomic E-state index is 10.6. The molecule has 0 saturated carbocycles. The second-order valence-electron chi connectivity index (χ2n) is 1.51. The molecule has 0 aliphatic rings.